The third kappa shape index (κ3) is 3.62. The van der Waals surface area contributed by atoms with Crippen LogP contribution in [-0.2, 0) is 17.9 Å². The van der Waals surface area contributed by atoms with E-state index in [0.717, 1.165) is 6.42 Å². The molecule has 0 radical (unpaired) electrons. The molecule has 0 aromatic carbocycles. The summed E-state index contributed by atoms with van der Waals surface area (Å²) >= 11 is 0. The van der Waals surface area contributed by atoms with Crippen molar-refractivity contribution in [3.05, 3.63) is 12.2 Å². The molecule has 16 heavy (non-hydrogen) atoms. The third-order valence-electron chi connectivity index (χ3n) is 2.44. The summed E-state index contributed by atoms with van der Waals surface area (Å²) in [6.45, 7) is 4.32. The summed E-state index contributed by atoms with van der Waals surface area (Å²) in [6, 6.07) is 0.200. The van der Waals surface area contributed by atoms with Gasteiger partial charge in [-0.05, 0) is 13.3 Å². The largest absolute Gasteiger partial charge is 0.388 e. The van der Waals surface area contributed by atoms with Crippen LogP contribution in [0, 0.1) is 0 Å². The van der Waals surface area contributed by atoms with Crippen LogP contribution in [-0.4, -0.2) is 31.8 Å². The Hall–Kier alpha value is -1.43. The number of carbonyl (C=O) groups is 1. The predicted molar refractivity (Wildman–Crippen MR) is 58.5 cm³/mol. The van der Waals surface area contributed by atoms with Crippen LogP contribution in [0.2, 0.25) is 0 Å². The first-order valence-corrected chi connectivity index (χ1v) is 5.44. The maximum atomic E-state index is 11.5. The molecule has 90 valence electrons. The van der Waals surface area contributed by atoms with Crippen LogP contribution >= 0.6 is 0 Å². The summed E-state index contributed by atoms with van der Waals surface area (Å²) in [5, 5.41) is 19.2. The summed E-state index contributed by atoms with van der Waals surface area (Å²) in [6.07, 6.45) is 2.80. The molecule has 1 aromatic heterocycles. The average molecular weight is 226 g/mol. The number of nitrogens with zero attached hydrogens (tertiary/aromatic N) is 3. The number of amides is 1. The quantitative estimate of drug-likeness (QED) is 0.719. The van der Waals surface area contributed by atoms with E-state index < -0.39 is 0 Å². The van der Waals surface area contributed by atoms with Crippen molar-refractivity contribution < 1.29 is 9.90 Å². The number of aliphatic hydroxyl groups excluding tert-OH is 1. The van der Waals surface area contributed by atoms with Gasteiger partial charge in [0.15, 0.2) is 5.82 Å². The Labute approximate surface area is 94.7 Å². The second-order valence-corrected chi connectivity index (χ2v) is 3.73. The van der Waals surface area contributed by atoms with Gasteiger partial charge in [0, 0.05) is 19.0 Å². The normalized spacial score (nSPS) is 12.4. The van der Waals surface area contributed by atoms with Gasteiger partial charge in [0.05, 0.1) is 0 Å². The molecule has 2 N–H and O–H groups in total. The van der Waals surface area contributed by atoms with Crippen molar-refractivity contribution in [1.82, 2.24) is 20.1 Å². The highest BCUT2D eigenvalue weighted by atomic mass is 16.3. The van der Waals surface area contributed by atoms with Crippen molar-refractivity contribution in [1.29, 1.82) is 0 Å². The molecule has 1 atom stereocenters. The number of nitrogens with one attached hydrogen (secondary N) is 1. The van der Waals surface area contributed by atoms with Crippen molar-refractivity contribution in [2.75, 3.05) is 0 Å². The molecule has 0 saturated heterocycles. The summed E-state index contributed by atoms with van der Waals surface area (Å²) in [4.78, 5) is 11.5. The number of aliphatic hydroxyl groups is 1. The van der Waals surface area contributed by atoms with Gasteiger partial charge in [-0.25, -0.2) is 0 Å². The monoisotopic (exact) mass is 226 g/mol. The Bertz CT molecular complexity index is 337. The number of rotatable bonds is 6. The lowest BCUT2D eigenvalue weighted by molar-refractivity contribution is -0.121. The first-order valence-electron chi connectivity index (χ1n) is 5.44. The minimum absolute atomic E-state index is 0.00643. The number of hydrogen-bond acceptors (Lipinski definition) is 4. The fourth-order valence-electron chi connectivity index (χ4n) is 1.26. The van der Waals surface area contributed by atoms with Gasteiger partial charge in [0.2, 0.25) is 5.91 Å². The first kappa shape index (κ1) is 12.6. The average Bonchev–Trinajstić information content (AvgIpc) is 2.73. The Morgan fingerprint density at radius 2 is 2.44 bits per heavy atom. The molecule has 0 aliphatic rings. The maximum absolute atomic E-state index is 11.5. The lowest BCUT2D eigenvalue weighted by atomic mass is 10.2. The Morgan fingerprint density at radius 3 is 3.06 bits per heavy atom. The SMILES string of the molecule is CCC(C)NC(=O)CCn1cnnc1CO. The first-order chi connectivity index (χ1) is 7.67. The molecule has 0 spiro atoms. The zero-order chi connectivity index (χ0) is 12.0. The van der Waals surface area contributed by atoms with Gasteiger partial charge in [-0.1, -0.05) is 6.92 Å². The Kier molecular flexibility index (Phi) is 4.91. The number of carbonyl (C=O) groups excluding carboxylic acids is 1. The lowest BCUT2D eigenvalue weighted by Crippen LogP contribution is -2.32. The van der Waals surface area contributed by atoms with Gasteiger partial charge >= 0.3 is 0 Å². The van der Waals surface area contributed by atoms with E-state index in [2.05, 4.69) is 15.5 Å². The second kappa shape index (κ2) is 6.22. The molecular formula is C10H18N4O2. The zero-order valence-electron chi connectivity index (χ0n) is 9.68. The molecule has 1 unspecified atom stereocenters. The van der Waals surface area contributed by atoms with Crippen LogP contribution in [0.5, 0.6) is 0 Å². The van der Waals surface area contributed by atoms with E-state index in [1.54, 1.807) is 4.57 Å². The van der Waals surface area contributed by atoms with Crippen LogP contribution in [0.1, 0.15) is 32.5 Å². The summed E-state index contributed by atoms with van der Waals surface area (Å²) in [5.74, 6) is 0.489. The van der Waals surface area contributed by atoms with Gasteiger partial charge in [-0.3, -0.25) is 4.79 Å². The standard InChI is InChI=1S/C10H18N4O2/c1-3-8(2)12-10(16)4-5-14-7-11-13-9(14)6-15/h7-8,15H,3-6H2,1-2H3,(H,12,16). The molecule has 1 rings (SSSR count). The van der Waals surface area contributed by atoms with E-state index in [1.165, 1.54) is 6.33 Å². The highest BCUT2D eigenvalue weighted by Crippen LogP contribution is 1.98. The molecule has 6 nitrogen and oxygen atoms in total. The maximum Gasteiger partial charge on any atom is 0.222 e. The highest BCUT2D eigenvalue weighted by Gasteiger charge is 2.07. The molecule has 0 aliphatic heterocycles. The summed E-state index contributed by atoms with van der Waals surface area (Å²) in [7, 11) is 0. The van der Waals surface area contributed by atoms with Crippen molar-refractivity contribution in [2.24, 2.45) is 0 Å². The fourth-order valence-corrected chi connectivity index (χ4v) is 1.26. The van der Waals surface area contributed by atoms with Gasteiger partial charge in [-0.2, -0.15) is 0 Å². The Morgan fingerprint density at radius 1 is 1.69 bits per heavy atom. The van der Waals surface area contributed by atoms with Gasteiger partial charge in [0.25, 0.3) is 0 Å². The van der Waals surface area contributed by atoms with E-state index in [1.807, 2.05) is 13.8 Å². The molecule has 0 aliphatic carbocycles. The third-order valence-corrected chi connectivity index (χ3v) is 2.44. The second-order valence-electron chi connectivity index (χ2n) is 3.73. The molecule has 6 heteroatoms. The molecule has 0 saturated carbocycles. The van der Waals surface area contributed by atoms with Crippen molar-refractivity contribution in [3.8, 4) is 0 Å². The van der Waals surface area contributed by atoms with Gasteiger partial charge in [0.1, 0.15) is 12.9 Å². The molecular weight excluding hydrogens is 208 g/mol. The lowest BCUT2D eigenvalue weighted by Gasteiger charge is -2.11. The molecule has 0 fully saturated rings. The van der Waals surface area contributed by atoms with E-state index in [-0.39, 0.29) is 18.6 Å². The topological polar surface area (TPSA) is 80.0 Å². The van der Waals surface area contributed by atoms with Crippen LogP contribution in [0.25, 0.3) is 0 Å². The van der Waals surface area contributed by atoms with Crippen LogP contribution in [0.3, 0.4) is 0 Å². The molecule has 1 aromatic rings. The fraction of sp³-hybridized carbons (Fsp3) is 0.700. The number of hydrogen-bond donors (Lipinski definition) is 2. The minimum Gasteiger partial charge on any atom is -0.388 e. The zero-order valence-corrected chi connectivity index (χ0v) is 9.68. The summed E-state index contributed by atoms with van der Waals surface area (Å²) in [5.41, 5.74) is 0. The van der Waals surface area contributed by atoms with Gasteiger partial charge < -0.3 is 15.0 Å². The van der Waals surface area contributed by atoms with Crippen molar-refractivity contribution in [3.63, 3.8) is 0 Å². The van der Waals surface area contributed by atoms with Crippen molar-refractivity contribution in [2.45, 2.75) is 45.9 Å². The van der Waals surface area contributed by atoms with E-state index >= 15 is 0 Å². The van der Waals surface area contributed by atoms with Gasteiger partial charge in [-0.15, -0.1) is 10.2 Å². The number of aromatic nitrogens is 3. The number of aryl methyl sites for hydroxylation is 1. The van der Waals surface area contributed by atoms with Crippen LogP contribution < -0.4 is 5.32 Å². The Balaban J connectivity index is 2.37. The minimum atomic E-state index is -0.160. The predicted octanol–water partition coefficient (Wildman–Crippen LogP) is 0.0752. The molecule has 1 heterocycles. The van der Waals surface area contributed by atoms with Crippen LogP contribution in [0.15, 0.2) is 6.33 Å². The van der Waals surface area contributed by atoms with E-state index in [9.17, 15) is 4.79 Å². The van der Waals surface area contributed by atoms with E-state index in [4.69, 9.17) is 5.11 Å². The summed E-state index contributed by atoms with van der Waals surface area (Å²) < 4.78 is 1.68. The molecule has 0 bridgehead atoms. The smallest absolute Gasteiger partial charge is 0.222 e. The van der Waals surface area contributed by atoms with Crippen LogP contribution in [0.4, 0.5) is 0 Å². The molecule has 1 amide bonds. The van der Waals surface area contributed by atoms with E-state index in [0.29, 0.717) is 18.8 Å². The highest BCUT2D eigenvalue weighted by molar-refractivity contribution is 5.76. The van der Waals surface area contributed by atoms with Crippen molar-refractivity contribution >= 4 is 5.91 Å².